The highest BCUT2D eigenvalue weighted by Gasteiger charge is 2.63. The first kappa shape index (κ1) is 23.0. The number of ether oxygens (including phenoxy) is 1. The molecular weight excluding hydrogens is 447 g/mol. The Bertz CT molecular complexity index is 1150. The standard InChI is InChI=1S/C27H35FN4O3/c1-18-11-20-12-24-27(34)7-10-30(25(33)17-32-16-21(28)14-29-32)8-5-26(27,22(20)13-23(18)35-2)6-9-31(24)15-19-3-4-19/h11,13-14,16,19,24,34H,3-10,12,15,17H2,1-2H3/t24-,26+,27-/m1/s1. The van der Waals surface area contributed by atoms with Gasteiger partial charge in [0.25, 0.3) is 0 Å². The van der Waals surface area contributed by atoms with Gasteiger partial charge in [0.1, 0.15) is 12.3 Å². The number of piperidine rings is 1. The van der Waals surface area contributed by atoms with Gasteiger partial charge in [-0.1, -0.05) is 6.07 Å². The predicted octanol–water partition coefficient (Wildman–Crippen LogP) is 2.67. The molecule has 4 aliphatic rings. The average molecular weight is 483 g/mol. The molecule has 2 bridgehead atoms. The topological polar surface area (TPSA) is 70.8 Å². The normalized spacial score (nSPS) is 30.4. The maximum Gasteiger partial charge on any atom is 0.244 e. The molecular formula is C27H35FN4O3. The number of likely N-dealkylation sites (tertiary alicyclic amines) is 2. The van der Waals surface area contributed by atoms with E-state index in [9.17, 15) is 14.3 Å². The number of carbonyl (C=O) groups is 1. The van der Waals surface area contributed by atoms with E-state index in [1.165, 1.54) is 34.8 Å². The van der Waals surface area contributed by atoms with Crippen LogP contribution >= 0.6 is 0 Å². The van der Waals surface area contributed by atoms with Gasteiger partial charge < -0.3 is 14.7 Å². The molecule has 1 aromatic carbocycles. The zero-order valence-electron chi connectivity index (χ0n) is 20.7. The Kier molecular flexibility index (Phi) is 5.45. The number of rotatable bonds is 5. The summed E-state index contributed by atoms with van der Waals surface area (Å²) >= 11 is 0. The van der Waals surface area contributed by atoms with Gasteiger partial charge in [-0.3, -0.25) is 14.4 Å². The molecule has 0 radical (unpaired) electrons. The molecule has 3 heterocycles. The van der Waals surface area contributed by atoms with Crippen molar-refractivity contribution in [3.05, 3.63) is 47.0 Å². The number of amides is 1. The maximum absolute atomic E-state index is 13.4. The largest absolute Gasteiger partial charge is 0.496 e. The Balaban J connectivity index is 1.36. The fourth-order valence-electron chi connectivity index (χ4n) is 7.17. The molecule has 8 heteroatoms. The molecule has 6 rings (SSSR count). The van der Waals surface area contributed by atoms with Crippen LogP contribution in [0.1, 0.15) is 48.8 Å². The molecule has 2 saturated heterocycles. The lowest BCUT2D eigenvalue weighted by Gasteiger charge is -2.61. The first-order valence-electron chi connectivity index (χ1n) is 12.9. The van der Waals surface area contributed by atoms with E-state index in [1.807, 2.05) is 4.90 Å². The van der Waals surface area contributed by atoms with Crippen molar-refractivity contribution in [1.29, 1.82) is 0 Å². The van der Waals surface area contributed by atoms with Crippen LogP contribution in [0.5, 0.6) is 5.75 Å². The van der Waals surface area contributed by atoms with Crippen LogP contribution in [0.3, 0.4) is 0 Å². The van der Waals surface area contributed by atoms with Crippen LogP contribution in [0.25, 0.3) is 0 Å². The third-order valence-electron chi connectivity index (χ3n) is 9.21. The summed E-state index contributed by atoms with van der Waals surface area (Å²) in [5.74, 6) is 1.08. The summed E-state index contributed by atoms with van der Waals surface area (Å²) < 4.78 is 20.4. The third-order valence-corrected chi connectivity index (χ3v) is 9.21. The van der Waals surface area contributed by atoms with Gasteiger partial charge in [-0.05, 0) is 80.7 Å². The summed E-state index contributed by atoms with van der Waals surface area (Å²) in [5, 5.41) is 16.6. The summed E-state index contributed by atoms with van der Waals surface area (Å²) in [4.78, 5) is 17.6. The van der Waals surface area contributed by atoms with Crippen molar-refractivity contribution >= 4 is 5.91 Å². The summed E-state index contributed by atoms with van der Waals surface area (Å²) in [6, 6.07) is 4.46. The van der Waals surface area contributed by atoms with E-state index in [-0.39, 0.29) is 18.5 Å². The Morgan fingerprint density at radius 3 is 2.71 bits per heavy atom. The molecule has 0 unspecified atom stereocenters. The van der Waals surface area contributed by atoms with E-state index in [2.05, 4.69) is 29.1 Å². The van der Waals surface area contributed by atoms with E-state index in [0.29, 0.717) is 25.9 Å². The number of halogens is 1. The fourth-order valence-corrected chi connectivity index (χ4v) is 7.17. The minimum Gasteiger partial charge on any atom is -0.496 e. The lowest BCUT2D eigenvalue weighted by atomic mass is 9.52. The first-order valence-corrected chi connectivity index (χ1v) is 12.9. The smallest absolute Gasteiger partial charge is 0.244 e. The summed E-state index contributed by atoms with van der Waals surface area (Å²) in [6.07, 6.45) is 7.88. The lowest BCUT2D eigenvalue weighted by Crippen LogP contribution is -2.71. The van der Waals surface area contributed by atoms with Crippen molar-refractivity contribution < 1.29 is 19.0 Å². The van der Waals surface area contributed by atoms with Crippen LogP contribution in [-0.4, -0.2) is 75.5 Å². The molecule has 0 spiro atoms. The van der Waals surface area contributed by atoms with Crippen LogP contribution in [0.2, 0.25) is 0 Å². The van der Waals surface area contributed by atoms with Gasteiger partial charge in [0.05, 0.1) is 25.1 Å². The molecule has 1 aromatic heterocycles. The number of hydrogen-bond acceptors (Lipinski definition) is 5. The molecule has 35 heavy (non-hydrogen) atoms. The van der Waals surface area contributed by atoms with Gasteiger partial charge in [0.2, 0.25) is 5.91 Å². The number of carbonyl (C=O) groups excluding carboxylic acids is 1. The highest BCUT2D eigenvalue weighted by Crippen LogP contribution is 2.57. The molecule has 188 valence electrons. The van der Waals surface area contributed by atoms with Crippen LogP contribution in [0.4, 0.5) is 4.39 Å². The zero-order valence-corrected chi connectivity index (χ0v) is 20.7. The van der Waals surface area contributed by atoms with Crippen LogP contribution in [0, 0.1) is 18.7 Å². The SMILES string of the molecule is COc1cc2c(cc1C)C[C@H]1N(CC3CC3)CC[C@@]23CCN(C(=O)Cn2cc(F)cn2)CC[C@@]13O. The van der Waals surface area contributed by atoms with Gasteiger partial charge in [0, 0.05) is 31.1 Å². The van der Waals surface area contributed by atoms with Gasteiger partial charge in [-0.25, -0.2) is 4.39 Å². The second kappa shape index (κ2) is 8.30. The third kappa shape index (κ3) is 3.68. The Morgan fingerprint density at radius 1 is 1.23 bits per heavy atom. The first-order chi connectivity index (χ1) is 16.8. The summed E-state index contributed by atoms with van der Waals surface area (Å²) in [5.41, 5.74) is 2.30. The minimum atomic E-state index is -0.916. The molecule has 1 N–H and O–H groups in total. The number of benzene rings is 1. The van der Waals surface area contributed by atoms with Crippen LogP contribution in [0.15, 0.2) is 24.5 Å². The van der Waals surface area contributed by atoms with Crippen molar-refractivity contribution in [2.75, 3.05) is 33.3 Å². The highest BCUT2D eigenvalue weighted by molar-refractivity contribution is 5.76. The van der Waals surface area contributed by atoms with Crippen molar-refractivity contribution in [1.82, 2.24) is 19.6 Å². The molecule has 2 aliphatic heterocycles. The van der Waals surface area contributed by atoms with Crippen molar-refractivity contribution in [3.8, 4) is 5.75 Å². The molecule has 1 amide bonds. The van der Waals surface area contributed by atoms with Gasteiger partial charge in [-0.2, -0.15) is 5.10 Å². The van der Waals surface area contributed by atoms with Gasteiger partial charge >= 0.3 is 0 Å². The Hall–Kier alpha value is -2.45. The number of nitrogens with zero attached hydrogens (tertiary/aromatic N) is 4. The van der Waals surface area contributed by atoms with Crippen LogP contribution in [-0.2, 0) is 23.2 Å². The Morgan fingerprint density at radius 2 is 2.00 bits per heavy atom. The van der Waals surface area contributed by atoms with Crippen molar-refractivity contribution in [3.63, 3.8) is 0 Å². The number of aryl methyl sites for hydroxylation is 1. The quantitative estimate of drug-likeness (QED) is 0.710. The number of aromatic nitrogens is 2. The molecule has 2 aliphatic carbocycles. The molecule has 7 nitrogen and oxygen atoms in total. The fraction of sp³-hybridized carbons (Fsp3) is 0.630. The maximum atomic E-state index is 13.4. The van der Waals surface area contributed by atoms with Crippen LogP contribution < -0.4 is 4.74 Å². The molecule has 2 aromatic rings. The predicted molar refractivity (Wildman–Crippen MR) is 129 cm³/mol. The molecule has 3 atom stereocenters. The Labute approximate surface area is 205 Å². The van der Waals surface area contributed by atoms with E-state index in [1.54, 1.807) is 7.11 Å². The summed E-state index contributed by atoms with van der Waals surface area (Å²) in [7, 11) is 1.70. The average Bonchev–Trinajstić information content (AvgIpc) is 3.58. The van der Waals surface area contributed by atoms with E-state index < -0.39 is 16.8 Å². The number of hydrogen-bond donors (Lipinski definition) is 1. The highest BCUT2D eigenvalue weighted by atomic mass is 19.1. The monoisotopic (exact) mass is 482 g/mol. The van der Waals surface area contributed by atoms with Crippen molar-refractivity contribution in [2.24, 2.45) is 5.92 Å². The van der Waals surface area contributed by atoms with E-state index in [0.717, 1.165) is 49.4 Å². The molecule has 3 fully saturated rings. The zero-order chi connectivity index (χ0) is 24.4. The second-order valence-corrected chi connectivity index (χ2v) is 11.1. The number of aliphatic hydroxyl groups is 1. The van der Waals surface area contributed by atoms with E-state index in [4.69, 9.17) is 4.74 Å². The number of fused-ring (bicyclic) bond motifs is 1. The summed E-state index contributed by atoms with van der Waals surface area (Å²) in [6.45, 7) is 5.18. The molecule has 1 saturated carbocycles. The minimum absolute atomic E-state index is 0.0101. The van der Waals surface area contributed by atoms with Gasteiger partial charge in [-0.15, -0.1) is 0 Å². The van der Waals surface area contributed by atoms with E-state index >= 15 is 0 Å². The second-order valence-electron chi connectivity index (χ2n) is 11.1. The number of methoxy groups -OCH3 is 1. The van der Waals surface area contributed by atoms with Crippen molar-refractivity contribution in [2.45, 2.75) is 69.1 Å². The lowest BCUT2D eigenvalue weighted by molar-refractivity contribution is -0.149. The van der Waals surface area contributed by atoms with Gasteiger partial charge in [0.15, 0.2) is 5.82 Å².